The predicted molar refractivity (Wildman–Crippen MR) is 122 cm³/mol. The van der Waals surface area contributed by atoms with E-state index < -0.39 is 25.7 Å². The van der Waals surface area contributed by atoms with Gasteiger partial charge in [-0.05, 0) is 62.4 Å². The van der Waals surface area contributed by atoms with Gasteiger partial charge >= 0.3 is 5.63 Å². The zero-order chi connectivity index (χ0) is 23.1. The minimum Gasteiger partial charge on any atom is -0.423 e. The summed E-state index contributed by atoms with van der Waals surface area (Å²) in [4.78, 5) is 11.1. The van der Waals surface area contributed by atoms with Gasteiger partial charge in [-0.25, -0.2) is 21.6 Å². The minimum absolute atomic E-state index is 0.104. The Morgan fingerprint density at radius 2 is 1.16 bits per heavy atom. The first kappa shape index (κ1) is 21.8. The van der Waals surface area contributed by atoms with Gasteiger partial charge in [-0.2, -0.15) is 3.71 Å². The summed E-state index contributed by atoms with van der Waals surface area (Å²) in [5.41, 5.74) is 1.20. The lowest BCUT2D eigenvalue weighted by atomic mass is 10.2. The second kappa shape index (κ2) is 7.92. The predicted octanol–water partition coefficient (Wildman–Crippen LogP) is 3.99. The molecule has 0 aliphatic heterocycles. The van der Waals surface area contributed by atoms with Gasteiger partial charge in [-0.15, -0.1) is 0 Å². The largest absolute Gasteiger partial charge is 0.423 e. The van der Waals surface area contributed by atoms with Crippen LogP contribution in [0.4, 0.5) is 5.69 Å². The van der Waals surface area contributed by atoms with Gasteiger partial charge in [0.2, 0.25) is 0 Å². The molecule has 1 aromatic heterocycles. The Kier molecular flexibility index (Phi) is 5.39. The molecular formula is C23H19NO6S2. The van der Waals surface area contributed by atoms with E-state index in [4.69, 9.17) is 4.42 Å². The van der Waals surface area contributed by atoms with E-state index in [-0.39, 0.29) is 21.1 Å². The van der Waals surface area contributed by atoms with Crippen molar-refractivity contribution in [2.24, 2.45) is 0 Å². The van der Waals surface area contributed by atoms with E-state index in [2.05, 4.69) is 0 Å². The number of hydrogen-bond acceptors (Lipinski definition) is 6. The van der Waals surface area contributed by atoms with E-state index in [0.717, 1.165) is 11.1 Å². The van der Waals surface area contributed by atoms with Crippen molar-refractivity contribution >= 4 is 36.7 Å². The van der Waals surface area contributed by atoms with Crippen molar-refractivity contribution in [2.45, 2.75) is 23.6 Å². The molecule has 0 fully saturated rings. The van der Waals surface area contributed by atoms with Crippen LogP contribution in [-0.4, -0.2) is 16.8 Å². The standard InChI is InChI=1S/C23H19NO6S2/c1-16-3-9-20(10-4-16)31(26,27)24(32(28,29)21-11-5-17(2)6-12-21)19-8-13-22-18(15-19)7-14-23(25)30-22/h3-15H,1-2H3. The zero-order valence-electron chi connectivity index (χ0n) is 17.2. The average molecular weight is 470 g/mol. The van der Waals surface area contributed by atoms with E-state index in [1.807, 2.05) is 0 Å². The van der Waals surface area contributed by atoms with Gasteiger partial charge in [0.15, 0.2) is 0 Å². The van der Waals surface area contributed by atoms with Crippen LogP contribution in [0, 0.1) is 13.8 Å². The lowest BCUT2D eigenvalue weighted by Gasteiger charge is -2.24. The van der Waals surface area contributed by atoms with Gasteiger partial charge in [0, 0.05) is 11.5 Å². The highest BCUT2D eigenvalue weighted by molar-refractivity contribution is 8.10. The molecule has 0 saturated carbocycles. The molecule has 0 atom stereocenters. The maximum absolute atomic E-state index is 13.6. The smallest absolute Gasteiger partial charge is 0.336 e. The lowest BCUT2D eigenvalue weighted by Crippen LogP contribution is -2.37. The summed E-state index contributed by atoms with van der Waals surface area (Å²) >= 11 is 0. The first-order valence-electron chi connectivity index (χ1n) is 9.57. The Morgan fingerprint density at radius 1 is 0.656 bits per heavy atom. The molecule has 0 spiro atoms. The molecule has 4 rings (SSSR count). The van der Waals surface area contributed by atoms with Gasteiger partial charge in [-0.3, -0.25) is 0 Å². The number of aryl methyl sites for hydroxylation is 2. The lowest BCUT2D eigenvalue weighted by molar-refractivity contribution is 0.561. The molecule has 164 valence electrons. The summed E-state index contributed by atoms with van der Waals surface area (Å²) in [6, 6.07) is 18.5. The van der Waals surface area contributed by atoms with Gasteiger partial charge in [0.05, 0.1) is 15.5 Å². The Labute approximate surface area is 185 Å². The molecule has 0 aliphatic rings. The van der Waals surface area contributed by atoms with Gasteiger partial charge in [0.25, 0.3) is 20.0 Å². The van der Waals surface area contributed by atoms with Crippen LogP contribution in [-0.2, 0) is 20.0 Å². The van der Waals surface area contributed by atoms with Crippen molar-refractivity contribution in [3.05, 3.63) is 100 Å². The third-order valence-electron chi connectivity index (χ3n) is 4.89. The SMILES string of the molecule is Cc1ccc(S(=O)(=O)N(c2ccc3oc(=O)ccc3c2)S(=O)(=O)c2ccc(C)cc2)cc1. The van der Waals surface area contributed by atoms with Crippen LogP contribution < -0.4 is 9.34 Å². The highest BCUT2D eigenvalue weighted by Gasteiger charge is 2.37. The molecule has 4 aromatic rings. The summed E-state index contributed by atoms with van der Waals surface area (Å²) in [6.45, 7) is 3.60. The summed E-state index contributed by atoms with van der Waals surface area (Å²) in [5, 5.41) is 0.380. The van der Waals surface area contributed by atoms with E-state index in [9.17, 15) is 21.6 Å². The topological polar surface area (TPSA) is 102 Å². The number of rotatable bonds is 5. The number of benzene rings is 3. The van der Waals surface area contributed by atoms with Gasteiger partial charge in [0.1, 0.15) is 5.58 Å². The molecule has 1 heterocycles. The van der Waals surface area contributed by atoms with Crippen molar-refractivity contribution < 1.29 is 21.3 Å². The fraction of sp³-hybridized carbons (Fsp3) is 0.0870. The maximum atomic E-state index is 13.6. The molecule has 0 aliphatic carbocycles. The van der Waals surface area contributed by atoms with Crippen LogP contribution >= 0.6 is 0 Å². The van der Waals surface area contributed by atoms with E-state index in [0.29, 0.717) is 9.10 Å². The normalized spacial score (nSPS) is 12.1. The highest BCUT2D eigenvalue weighted by Crippen LogP contribution is 2.32. The van der Waals surface area contributed by atoms with Crippen molar-refractivity contribution in [3.63, 3.8) is 0 Å². The summed E-state index contributed by atoms with van der Waals surface area (Å²) in [5.74, 6) is 0. The molecule has 0 bridgehead atoms. The van der Waals surface area contributed by atoms with Crippen LogP contribution in [0.5, 0.6) is 0 Å². The van der Waals surface area contributed by atoms with Crippen LogP contribution in [0.25, 0.3) is 11.0 Å². The molecule has 0 N–H and O–H groups in total. The molecule has 0 amide bonds. The molecule has 9 heteroatoms. The molecule has 0 saturated heterocycles. The third kappa shape index (κ3) is 3.92. The third-order valence-corrected chi connectivity index (χ3v) is 9.10. The van der Waals surface area contributed by atoms with Crippen LogP contribution in [0.15, 0.2) is 97.9 Å². The summed E-state index contributed by atoms with van der Waals surface area (Å²) in [6.07, 6.45) is 0. The van der Waals surface area contributed by atoms with E-state index in [1.165, 1.54) is 54.6 Å². The van der Waals surface area contributed by atoms with Crippen molar-refractivity contribution in [1.29, 1.82) is 0 Å². The van der Waals surface area contributed by atoms with Gasteiger partial charge in [-0.1, -0.05) is 35.4 Å². The number of nitrogens with zero attached hydrogens (tertiary/aromatic N) is 1. The molecule has 7 nitrogen and oxygen atoms in total. The molecule has 32 heavy (non-hydrogen) atoms. The Balaban J connectivity index is 1.98. The Hall–Kier alpha value is -3.43. The first-order chi connectivity index (χ1) is 15.1. The highest BCUT2D eigenvalue weighted by atomic mass is 32.3. The quantitative estimate of drug-likeness (QED) is 0.410. The number of fused-ring (bicyclic) bond motifs is 1. The van der Waals surface area contributed by atoms with Crippen LogP contribution in [0.3, 0.4) is 0 Å². The summed E-state index contributed by atoms with van der Waals surface area (Å²) < 4.78 is 59.9. The second-order valence-corrected chi connectivity index (χ2v) is 11.1. The average Bonchev–Trinajstić information content (AvgIpc) is 2.74. The van der Waals surface area contributed by atoms with Crippen molar-refractivity contribution in [3.8, 4) is 0 Å². The van der Waals surface area contributed by atoms with Gasteiger partial charge < -0.3 is 4.42 Å². The second-order valence-electron chi connectivity index (χ2n) is 7.31. The first-order valence-corrected chi connectivity index (χ1v) is 12.4. The Morgan fingerprint density at radius 3 is 1.66 bits per heavy atom. The number of hydrogen-bond donors (Lipinski definition) is 0. The van der Waals surface area contributed by atoms with E-state index >= 15 is 0 Å². The van der Waals surface area contributed by atoms with Crippen LogP contribution in [0.2, 0.25) is 0 Å². The van der Waals surface area contributed by atoms with Crippen molar-refractivity contribution in [2.75, 3.05) is 3.71 Å². The fourth-order valence-electron chi connectivity index (χ4n) is 3.19. The molecule has 0 unspecified atom stereocenters. The molecular weight excluding hydrogens is 450 g/mol. The minimum atomic E-state index is -4.51. The summed E-state index contributed by atoms with van der Waals surface area (Å²) in [7, 11) is -9.02. The van der Waals surface area contributed by atoms with E-state index in [1.54, 1.807) is 38.1 Å². The van der Waals surface area contributed by atoms with Crippen molar-refractivity contribution in [1.82, 2.24) is 0 Å². The number of sulfonamides is 2. The molecule has 3 aromatic carbocycles. The monoisotopic (exact) mass is 469 g/mol. The molecule has 0 radical (unpaired) electrons. The maximum Gasteiger partial charge on any atom is 0.336 e. The van der Waals surface area contributed by atoms with Crippen LogP contribution in [0.1, 0.15) is 11.1 Å². The Bertz CT molecular complexity index is 1500. The number of anilines is 1. The fourth-order valence-corrected chi connectivity index (χ4v) is 6.87. The zero-order valence-corrected chi connectivity index (χ0v) is 18.9.